The van der Waals surface area contributed by atoms with Crippen LogP contribution in [0.25, 0.3) is 0 Å². The summed E-state index contributed by atoms with van der Waals surface area (Å²) < 4.78 is 26.5. The van der Waals surface area contributed by atoms with Gasteiger partial charge in [0, 0.05) is 12.8 Å². The van der Waals surface area contributed by atoms with Gasteiger partial charge in [0.1, 0.15) is 6.61 Å². The van der Waals surface area contributed by atoms with Crippen LogP contribution >= 0.6 is 7.82 Å². The molecule has 0 radical (unpaired) electrons. The number of esters is 2. The second-order valence-corrected chi connectivity index (χ2v) is 16.9. The number of phosphoric acid groups is 1. The first-order valence-electron chi connectivity index (χ1n) is 23.6. The Morgan fingerprint density at radius 2 is 0.828 bits per heavy atom. The molecule has 58 heavy (non-hydrogen) atoms. The first-order valence-corrected chi connectivity index (χ1v) is 25.1. The molecule has 0 aromatic rings. The van der Waals surface area contributed by atoms with Crippen molar-refractivity contribution in [2.45, 2.75) is 225 Å². The smallest absolute Gasteiger partial charge is 0.462 e. The maximum atomic E-state index is 12.5. The Morgan fingerprint density at radius 3 is 1.26 bits per heavy atom. The first-order chi connectivity index (χ1) is 28.3. The molecule has 9 heteroatoms. The largest absolute Gasteiger partial charge is 0.469 e. The first kappa shape index (κ1) is 55.8. The molecule has 0 aliphatic carbocycles. The lowest BCUT2D eigenvalue weighted by molar-refractivity contribution is -0.161. The Bertz CT molecular complexity index is 1120. The average molecular weight is 835 g/mol. The van der Waals surface area contributed by atoms with E-state index < -0.39 is 32.5 Å². The summed E-state index contributed by atoms with van der Waals surface area (Å²) in [6, 6.07) is 0. The van der Waals surface area contributed by atoms with E-state index in [0.717, 1.165) is 70.6 Å². The van der Waals surface area contributed by atoms with Crippen molar-refractivity contribution in [3.05, 3.63) is 60.8 Å². The normalized spacial score (nSPS) is 13.0. The summed E-state index contributed by atoms with van der Waals surface area (Å²) in [7, 11) is -4.76. The van der Waals surface area contributed by atoms with Crippen molar-refractivity contribution in [1.82, 2.24) is 0 Å². The molecule has 1 atom stereocenters. The van der Waals surface area contributed by atoms with E-state index in [1.807, 2.05) is 0 Å². The zero-order valence-corrected chi connectivity index (χ0v) is 38.1. The molecule has 0 aromatic carbocycles. The quantitative estimate of drug-likeness (QED) is 0.0270. The van der Waals surface area contributed by atoms with Crippen LogP contribution in [0.2, 0.25) is 0 Å². The van der Waals surface area contributed by atoms with Crippen LogP contribution in [0, 0.1) is 0 Å². The highest BCUT2D eigenvalue weighted by Gasteiger charge is 2.23. The van der Waals surface area contributed by atoms with Gasteiger partial charge in [0.2, 0.25) is 0 Å². The Kier molecular flexibility index (Phi) is 42.6. The fraction of sp³-hybridized carbons (Fsp3) is 0.755. The third kappa shape index (κ3) is 46.4. The number of carbonyl (C=O) groups is 2. The van der Waals surface area contributed by atoms with Crippen LogP contribution in [-0.2, 0) is 28.2 Å². The van der Waals surface area contributed by atoms with Crippen LogP contribution in [0.4, 0.5) is 0 Å². The molecule has 0 bridgehead atoms. The lowest BCUT2D eigenvalue weighted by atomic mass is 10.1. The molecule has 2 N–H and O–H groups in total. The third-order valence-corrected chi connectivity index (χ3v) is 10.5. The van der Waals surface area contributed by atoms with E-state index in [9.17, 15) is 14.2 Å². The summed E-state index contributed by atoms with van der Waals surface area (Å²) in [4.78, 5) is 43.0. The number of rotatable bonds is 43. The van der Waals surface area contributed by atoms with Crippen LogP contribution < -0.4 is 0 Å². The Labute approximate surface area is 356 Å². The van der Waals surface area contributed by atoms with Crippen molar-refractivity contribution in [1.29, 1.82) is 0 Å². The van der Waals surface area contributed by atoms with Gasteiger partial charge in [0.05, 0.1) is 6.61 Å². The molecule has 0 amide bonds. The van der Waals surface area contributed by atoms with Crippen molar-refractivity contribution in [2.75, 3.05) is 13.2 Å². The summed E-state index contributed by atoms with van der Waals surface area (Å²) in [5.74, 6) is -0.894. The third-order valence-electron chi connectivity index (χ3n) is 10.0. The zero-order chi connectivity index (χ0) is 42.5. The maximum absolute atomic E-state index is 12.5. The van der Waals surface area contributed by atoms with Gasteiger partial charge >= 0.3 is 19.8 Å². The number of phosphoric ester groups is 1. The topological polar surface area (TPSA) is 119 Å². The zero-order valence-electron chi connectivity index (χ0n) is 37.2. The number of carbonyl (C=O) groups excluding carboxylic acids is 2. The van der Waals surface area contributed by atoms with E-state index >= 15 is 0 Å². The molecule has 0 heterocycles. The van der Waals surface area contributed by atoms with Gasteiger partial charge in [-0.3, -0.25) is 14.1 Å². The van der Waals surface area contributed by atoms with Crippen molar-refractivity contribution in [2.24, 2.45) is 0 Å². The molecule has 336 valence electrons. The summed E-state index contributed by atoms with van der Waals surface area (Å²) in [6.45, 7) is 3.58. The standard InChI is InChI=1S/C49H87O8P/c1-3-5-7-9-11-13-15-17-19-21-23-24-26-28-30-32-34-36-38-40-42-44-49(51)57-47(46-56-58(52,53)54)45-55-48(50)43-41-39-37-35-33-31-29-27-25-22-20-18-16-14-12-10-8-6-4-2/h5,7,11,13,17-20,23-24,47H,3-4,6,8-10,12,14-16,21-22,25-46H2,1-2H3,(H2,52,53,54)/b7-5-,13-11-,19-17-,20-18-,24-23-. The summed E-state index contributed by atoms with van der Waals surface area (Å²) in [5.41, 5.74) is 0. The van der Waals surface area contributed by atoms with Gasteiger partial charge in [-0.25, -0.2) is 4.57 Å². The minimum Gasteiger partial charge on any atom is -0.462 e. The molecular weight excluding hydrogens is 748 g/mol. The predicted molar refractivity (Wildman–Crippen MR) is 244 cm³/mol. The van der Waals surface area contributed by atoms with Crippen LogP contribution in [-0.4, -0.2) is 41.0 Å². The highest BCUT2D eigenvalue weighted by molar-refractivity contribution is 7.46. The molecule has 8 nitrogen and oxygen atoms in total. The maximum Gasteiger partial charge on any atom is 0.469 e. The molecular formula is C49H87O8P. The van der Waals surface area contributed by atoms with Crippen LogP contribution in [0.5, 0.6) is 0 Å². The number of hydrogen-bond acceptors (Lipinski definition) is 6. The fourth-order valence-corrected chi connectivity index (χ4v) is 6.90. The number of unbranched alkanes of at least 4 members (excludes halogenated alkanes) is 23. The second-order valence-electron chi connectivity index (χ2n) is 15.7. The lowest BCUT2D eigenvalue weighted by Gasteiger charge is -2.18. The Hall–Kier alpha value is -2.25. The lowest BCUT2D eigenvalue weighted by Crippen LogP contribution is -2.29. The molecule has 0 spiro atoms. The Balaban J connectivity index is 3.88. The van der Waals surface area contributed by atoms with Crippen LogP contribution in [0.1, 0.15) is 219 Å². The highest BCUT2D eigenvalue weighted by atomic mass is 31.2. The molecule has 0 aliphatic heterocycles. The van der Waals surface area contributed by atoms with Crippen molar-refractivity contribution in [3.63, 3.8) is 0 Å². The summed E-state index contributed by atoms with van der Waals surface area (Å²) in [6.07, 6.45) is 56.5. The molecule has 0 saturated carbocycles. The molecule has 0 fully saturated rings. The van der Waals surface area contributed by atoms with Crippen molar-refractivity contribution in [3.8, 4) is 0 Å². The van der Waals surface area contributed by atoms with E-state index in [1.165, 1.54) is 116 Å². The molecule has 1 unspecified atom stereocenters. The highest BCUT2D eigenvalue weighted by Crippen LogP contribution is 2.36. The van der Waals surface area contributed by atoms with Crippen molar-refractivity contribution >= 4 is 19.8 Å². The average Bonchev–Trinajstić information content (AvgIpc) is 3.20. The van der Waals surface area contributed by atoms with E-state index in [1.54, 1.807) is 0 Å². The summed E-state index contributed by atoms with van der Waals surface area (Å²) >= 11 is 0. The van der Waals surface area contributed by atoms with Gasteiger partial charge in [-0.2, -0.15) is 0 Å². The van der Waals surface area contributed by atoms with Gasteiger partial charge in [0.15, 0.2) is 6.10 Å². The van der Waals surface area contributed by atoms with Gasteiger partial charge in [-0.15, -0.1) is 0 Å². The van der Waals surface area contributed by atoms with Gasteiger partial charge in [-0.1, -0.05) is 190 Å². The van der Waals surface area contributed by atoms with E-state index in [2.05, 4.69) is 79.1 Å². The number of ether oxygens (including phenoxy) is 2. The SMILES string of the molecule is CC/C=C\C/C=C\C/C=C\C/C=C\CCCCCCCCCCC(=O)OC(COC(=O)CCCCCCCCCCC/C=C\CCCCCCCC)COP(=O)(O)O. The molecule has 0 rings (SSSR count). The number of allylic oxidation sites excluding steroid dienone is 10. The van der Waals surface area contributed by atoms with E-state index in [0.29, 0.717) is 6.42 Å². The second kappa shape index (κ2) is 44.3. The van der Waals surface area contributed by atoms with Crippen molar-refractivity contribution < 1.29 is 37.9 Å². The Morgan fingerprint density at radius 1 is 0.466 bits per heavy atom. The van der Waals surface area contributed by atoms with Crippen LogP contribution in [0.3, 0.4) is 0 Å². The number of hydrogen-bond donors (Lipinski definition) is 2. The van der Waals surface area contributed by atoms with Crippen LogP contribution in [0.15, 0.2) is 60.8 Å². The van der Waals surface area contributed by atoms with Gasteiger partial charge in [0.25, 0.3) is 0 Å². The van der Waals surface area contributed by atoms with Gasteiger partial charge in [-0.05, 0) is 77.0 Å². The molecule has 0 aliphatic rings. The monoisotopic (exact) mass is 835 g/mol. The minimum atomic E-state index is -4.76. The van der Waals surface area contributed by atoms with Gasteiger partial charge < -0.3 is 19.3 Å². The molecule has 0 aromatic heterocycles. The predicted octanol–water partition coefficient (Wildman–Crippen LogP) is 14.9. The fourth-order valence-electron chi connectivity index (χ4n) is 6.54. The molecule has 0 saturated heterocycles. The van der Waals surface area contributed by atoms with E-state index in [4.69, 9.17) is 19.3 Å². The minimum absolute atomic E-state index is 0.200. The van der Waals surface area contributed by atoms with E-state index in [-0.39, 0.29) is 19.4 Å². The summed E-state index contributed by atoms with van der Waals surface area (Å²) in [5, 5.41) is 0.